The average molecular weight is 338 g/mol. The van der Waals surface area contributed by atoms with Crippen LogP contribution >= 0.6 is 15.9 Å². The Hall–Kier alpha value is -1.39. The molecule has 106 valence electrons. The van der Waals surface area contributed by atoms with Gasteiger partial charge in [-0.3, -0.25) is 0 Å². The number of hydrogen-bond donors (Lipinski definition) is 1. The van der Waals surface area contributed by atoms with Crippen LogP contribution in [0.2, 0.25) is 0 Å². The molecular formula is C16H17BrFNO. The molecule has 0 aliphatic rings. The fourth-order valence-corrected chi connectivity index (χ4v) is 2.56. The summed E-state index contributed by atoms with van der Waals surface area (Å²) < 4.78 is 19.3. The fraction of sp³-hybridized carbons (Fsp3) is 0.250. The molecule has 0 saturated heterocycles. The van der Waals surface area contributed by atoms with Gasteiger partial charge in [-0.05, 0) is 65.3 Å². The molecule has 1 atom stereocenters. The van der Waals surface area contributed by atoms with Crippen LogP contribution in [0.5, 0.6) is 5.75 Å². The Labute approximate surface area is 127 Å². The normalized spacial score (nSPS) is 12.2. The van der Waals surface area contributed by atoms with Crippen molar-refractivity contribution < 1.29 is 9.13 Å². The molecule has 2 nitrogen and oxygen atoms in total. The zero-order chi connectivity index (χ0) is 14.5. The zero-order valence-corrected chi connectivity index (χ0v) is 13.1. The first-order valence-electron chi connectivity index (χ1n) is 6.50. The molecule has 1 N–H and O–H groups in total. The number of halogens is 2. The van der Waals surface area contributed by atoms with E-state index in [4.69, 9.17) is 4.74 Å². The lowest BCUT2D eigenvalue weighted by molar-refractivity contribution is 0.339. The first kappa shape index (κ1) is 15.0. The van der Waals surface area contributed by atoms with Crippen molar-refractivity contribution in [2.24, 2.45) is 0 Å². The van der Waals surface area contributed by atoms with Gasteiger partial charge in [0.1, 0.15) is 11.6 Å². The maximum atomic E-state index is 13.3. The molecule has 0 aromatic heterocycles. The van der Waals surface area contributed by atoms with E-state index in [1.165, 1.54) is 6.07 Å². The number of benzene rings is 2. The number of nitrogens with one attached hydrogen (secondary N) is 1. The summed E-state index contributed by atoms with van der Waals surface area (Å²) in [6.07, 6.45) is 0. The molecule has 0 amide bonds. The maximum Gasteiger partial charge on any atom is 0.137 e. The van der Waals surface area contributed by atoms with Gasteiger partial charge in [-0.25, -0.2) is 4.39 Å². The van der Waals surface area contributed by atoms with Crippen LogP contribution in [0.3, 0.4) is 0 Å². The van der Waals surface area contributed by atoms with E-state index >= 15 is 0 Å². The fourth-order valence-electron chi connectivity index (χ4n) is 2.17. The highest BCUT2D eigenvalue weighted by Gasteiger charge is 2.14. The van der Waals surface area contributed by atoms with Crippen LogP contribution in [0, 0.1) is 5.82 Å². The van der Waals surface area contributed by atoms with Gasteiger partial charge in [0, 0.05) is 0 Å². The van der Waals surface area contributed by atoms with E-state index in [2.05, 4.69) is 21.2 Å². The van der Waals surface area contributed by atoms with Crippen LogP contribution in [-0.2, 0) is 0 Å². The Morgan fingerprint density at radius 3 is 2.60 bits per heavy atom. The summed E-state index contributed by atoms with van der Waals surface area (Å²) in [6, 6.07) is 13.0. The Kier molecular flexibility index (Phi) is 5.15. The highest BCUT2D eigenvalue weighted by atomic mass is 79.9. The number of ether oxygens (including phenoxy) is 1. The van der Waals surface area contributed by atoms with Crippen LogP contribution in [-0.4, -0.2) is 13.7 Å². The molecule has 2 rings (SSSR count). The van der Waals surface area contributed by atoms with Crippen molar-refractivity contribution in [3.8, 4) is 5.75 Å². The lowest BCUT2D eigenvalue weighted by atomic mass is 9.98. The summed E-state index contributed by atoms with van der Waals surface area (Å²) >= 11 is 3.23. The molecule has 0 heterocycles. The number of rotatable bonds is 5. The Morgan fingerprint density at radius 2 is 1.95 bits per heavy atom. The molecule has 20 heavy (non-hydrogen) atoms. The summed E-state index contributed by atoms with van der Waals surface area (Å²) in [5.41, 5.74) is 2.08. The van der Waals surface area contributed by atoms with E-state index in [-0.39, 0.29) is 11.9 Å². The van der Waals surface area contributed by atoms with E-state index in [1.54, 1.807) is 12.1 Å². The first-order chi connectivity index (χ1) is 9.65. The van der Waals surface area contributed by atoms with Crippen molar-refractivity contribution >= 4 is 15.9 Å². The maximum absolute atomic E-state index is 13.3. The largest absolute Gasteiger partial charge is 0.494 e. The molecule has 0 fully saturated rings. The lowest BCUT2D eigenvalue weighted by Crippen LogP contribution is -2.17. The summed E-state index contributed by atoms with van der Waals surface area (Å²) in [5.74, 6) is 0.582. The van der Waals surface area contributed by atoms with Crippen molar-refractivity contribution in [2.75, 3.05) is 13.7 Å². The Morgan fingerprint density at radius 1 is 1.20 bits per heavy atom. The van der Waals surface area contributed by atoms with Gasteiger partial charge in [0.2, 0.25) is 0 Å². The van der Waals surface area contributed by atoms with Gasteiger partial charge in [-0.2, -0.15) is 0 Å². The predicted molar refractivity (Wildman–Crippen MR) is 82.6 cm³/mol. The number of hydrogen-bond acceptors (Lipinski definition) is 2. The van der Waals surface area contributed by atoms with Crippen LogP contribution in [0.15, 0.2) is 46.9 Å². The SMILES string of the molecule is CCOc1cccc(C(NC)c2ccc(F)c(Br)c2)c1. The van der Waals surface area contributed by atoms with E-state index in [9.17, 15) is 4.39 Å². The van der Waals surface area contributed by atoms with Gasteiger partial charge in [-0.1, -0.05) is 18.2 Å². The lowest BCUT2D eigenvalue weighted by Gasteiger charge is -2.18. The van der Waals surface area contributed by atoms with Crippen molar-refractivity contribution in [2.45, 2.75) is 13.0 Å². The minimum atomic E-state index is -0.258. The summed E-state index contributed by atoms with van der Waals surface area (Å²) in [6.45, 7) is 2.59. The van der Waals surface area contributed by atoms with E-state index in [0.29, 0.717) is 11.1 Å². The molecule has 0 aliphatic carbocycles. The molecule has 2 aromatic rings. The zero-order valence-electron chi connectivity index (χ0n) is 11.5. The Bertz CT molecular complexity index is 588. The van der Waals surface area contributed by atoms with Gasteiger partial charge in [-0.15, -0.1) is 0 Å². The molecular weight excluding hydrogens is 321 g/mol. The summed E-state index contributed by atoms with van der Waals surface area (Å²) in [4.78, 5) is 0. The molecule has 0 spiro atoms. The highest BCUT2D eigenvalue weighted by Crippen LogP contribution is 2.28. The van der Waals surface area contributed by atoms with Crippen LogP contribution < -0.4 is 10.1 Å². The monoisotopic (exact) mass is 337 g/mol. The summed E-state index contributed by atoms with van der Waals surface area (Å²) in [5, 5.41) is 3.25. The minimum Gasteiger partial charge on any atom is -0.494 e. The molecule has 1 unspecified atom stereocenters. The molecule has 4 heteroatoms. The standard InChI is InChI=1S/C16H17BrFNO/c1-3-20-13-6-4-5-11(9-13)16(19-2)12-7-8-15(18)14(17)10-12/h4-10,16,19H,3H2,1-2H3. The quantitative estimate of drug-likeness (QED) is 0.878. The van der Waals surface area contributed by atoms with Crippen molar-refractivity contribution in [3.63, 3.8) is 0 Å². The van der Waals surface area contributed by atoms with Crippen molar-refractivity contribution in [3.05, 3.63) is 63.9 Å². The molecule has 0 radical (unpaired) electrons. The van der Waals surface area contributed by atoms with Gasteiger partial charge in [0.25, 0.3) is 0 Å². The third-order valence-electron chi connectivity index (χ3n) is 3.07. The van der Waals surface area contributed by atoms with E-state index in [1.807, 2.05) is 38.2 Å². The van der Waals surface area contributed by atoms with E-state index in [0.717, 1.165) is 16.9 Å². The van der Waals surface area contributed by atoms with Gasteiger partial charge in [0.15, 0.2) is 0 Å². The minimum absolute atomic E-state index is 0.00712. The first-order valence-corrected chi connectivity index (χ1v) is 7.30. The van der Waals surface area contributed by atoms with Gasteiger partial charge in [0.05, 0.1) is 17.1 Å². The van der Waals surface area contributed by atoms with E-state index < -0.39 is 0 Å². The average Bonchev–Trinajstić information content (AvgIpc) is 2.44. The van der Waals surface area contributed by atoms with Crippen LogP contribution in [0.4, 0.5) is 4.39 Å². The third-order valence-corrected chi connectivity index (χ3v) is 3.68. The Balaban J connectivity index is 2.36. The molecule has 0 saturated carbocycles. The van der Waals surface area contributed by atoms with Gasteiger partial charge >= 0.3 is 0 Å². The predicted octanol–water partition coefficient (Wildman–Crippen LogP) is 4.30. The van der Waals surface area contributed by atoms with Crippen LogP contribution in [0.25, 0.3) is 0 Å². The molecule has 0 aliphatic heterocycles. The second-order valence-corrected chi connectivity index (χ2v) is 5.26. The second-order valence-electron chi connectivity index (χ2n) is 4.40. The third kappa shape index (κ3) is 3.38. The van der Waals surface area contributed by atoms with Crippen LogP contribution in [0.1, 0.15) is 24.1 Å². The summed E-state index contributed by atoms with van der Waals surface area (Å²) in [7, 11) is 1.88. The van der Waals surface area contributed by atoms with Gasteiger partial charge < -0.3 is 10.1 Å². The second kappa shape index (κ2) is 6.86. The van der Waals surface area contributed by atoms with Crippen molar-refractivity contribution in [1.29, 1.82) is 0 Å². The smallest absolute Gasteiger partial charge is 0.137 e. The topological polar surface area (TPSA) is 21.3 Å². The van der Waals surface area contributed by atoms with Crippen molar-refractivity contribution in [1.82, 2.24) is 5.32 Å². The highest BCUT2D eigenvalue weighted by molar-refractivity contribution is 9.10. The molecule has 0 bridgehead atoms. The molecule has 2 aromatic carbocycles.